The normalized spacial score (nSPS) is 15.2. The van der Waals surface area contributed by atoms with Gasteiger partial charge in [0.15, 0.2) is 5.96 Å². The number of aliphatic hydroxyl groups is 1. The first-order valence-electron chi connectivity index (χ1n) is 16.0. The molecule has 0 spiro atoms. The van der Waals surface area contributed by atoms with Crippen molar-refractivity contribution in [1.29, 1.82) is 0 Å². The van der Waals surface area contributed by atoms with Gasteiger partial charge in [0, 0.05) is 31.7 Å². The highest BCUT2D eigenvalue weighted by Crippen LogP contribution is 2.20. The van der Waals surface area contributed by atoms with Crippen molar-refractivity contribution in [3.8, 4) is 0 Å². The van der Waals surface area contributed by atoms with Gasteiger partial charge < -0.3 is 53.8 Å². The van der Waals surface area contributed by atoms with Crippen LogP contribution in [0.1, 0.15) is 58.8 Å². The van der Waals surface area contributed by atoms with E-state index in [-0.39, 0.29) is 68.5 Å². The third-order valence-electron chi connectivity index (χ3n) is 6.97. The molecule has 1 rings (SSSR count). The lowest BCUT2D eigenvalue weighted by Crippen LogP contribution is -2.56. The Morgan fingerprint density at radius 2 is 1.56 bits per heavy atom. The molecule has 3 atom stereocenters. The number of thioether (sulfide) groups is 1. The van der Waals surface area contributed by atoms with Crippen molar-refractivity contribution in [3.63, 3.8) is 0 Å². The van der Waals surface area contributed by atoms with E-state index in [1.54, 1.807) is 0 Å². The van der Waals surface area contributed by atoms with Gasteiger partial charge in [0.25, 0.3) is 0 Å². The second-order valence-electron chi connectivity index (χ2n) is 11.7. The monoisotopic (exact) mass is 700 g/mol. The molecule has 0 aromatic rings. The summed E-state index contributed by atoms with van der Waals surface area (Å²) in [5.74, 6) is -2.78. The van der Waals surface area contributed by atoms with E-state index in [9.17, 15) is 38.7 Å². The van der Waals surface area contributed by atoms with Crippen LogP contribution in [0.4, 0.5) is 0 Å². The van der Waals surface area contributed by atoms with E-state index in [0.717, 1.165) is 0 Å². The van der Waals surface area contributed by atoms with E-state index in [4.69, 9.17) is 17.2 Å². The molecular formula is C29H52N10O8S. The highest BCUT2D eigenvalue weighted by molar-refractivity contribution is 7.99. The van der Waals surface area contributed by atoms with E-state index in [2.05, 4.69) is 31.6 Å². The number of rotatable bonds is 23. The first kappa shape index (κ1) is 41.9. The number of hydrogen-bond donors (Lipinski definition) is 9. The number of hydrogen-bond acceptors (Lipinski definition) is 10. The number of aliphatic hydroxyl groups excluding tert-OH is 1. The van der Waals surface area contributed by atoms with E-state index < -0.39 is 47.7 Å². The minimum Gasteiger partial charge on any atom is -0.394 e. The minimum absolute atomic E-state index is 0.0522. The number of primary amides is 1. The lowest BCUT2D eigenvalue weighted by atomic mass is 10.1. The number of carbonyl (C=O) groups excluding carboxylic acids is 7. The Kier molecular flexibility index (Phi) is 20.3. The van der Waals surface area contributed by atoms with Gasteiger partial charge in [0.1, 0.15) is 12.1 Å². The fourth-order valence-corrected chi connectivity index (χ4v) is 5.63. The lowest BCUT2D eigenvalue weighted by molar-refractivity contribution is -0.141. The Bertz CT molecular complexity index is 1140. The average molecular weight is 701 g/mol. The van der Waals surface area contributed by atoms with Crippen molar-refractivity contribution in [1.82, 2.24) is 31.5 Å². The van der Waals surface area contributed by atoms with Crippen LogP contribution in [0.5, 0.6) is 0 Å². The second-order valence-corrected chi connectivity index (χ2v) is 12.9. The molecule has 18 nitrogen and oxygen atoms in total. The fourth-order valence-electron chi connectivity index (χ4n) is 4.65. The third-order valence-corrected chi connectivity index (χ3v) is 8.11. The number of nitrogens with zero attached hydrogens (tertiary/aromatic N) is 2. The number of aliphatic imine (C=N–C) groups is 1. The molecule has 19 heteroatoms. The van der Waals surface area contributed by atoms with E-state index in [1.807, 2.05) is 13.8 Å². The maximum absolute atomic E-state index is 13.7. The minimum atomic E-state index is -1.02. The van der Waals surface area contributed by atoms with Crippen LogP contribution in [-0.2, 0) is 33.6 Å². The van der Waals surface area contributed by atoms with E-state index >= 15 is 0 Å². The van der Waals surface area contributed by atoms with Gasteiger partial charge in [-0.05, 0) is 43.8 Å². The van der Waals surface area contributed by atoms with Crippen LogP contribution in [0.2, 0.25) is 0 Å². The summed E-state index contributed by atoms with van der Waals surface area (Å²) in [6, 6.07) is -2.39. The maximum atomic E-state index is 13.7. The molecule has 0 radical (unpaired) electrons. The number of nitrogens with two attached hydrogens (primary N) is 3. The lowest BCUT2D eigenvalue weighted by Gasteiger charge is -2.29. The Morgan fingerprint density at radius 3 is 2.21 bits per heavy atom. The smallest absolute Gasteiger partial charge is 0.246 e. The molecule has 0 aromatic heterocycles. The van der Waals surface area contributed by atoms with Gasteiger partial charge in [0.2, 0.25) is 41.4 Å². The third kappa shape index (κ3) is 18.3. The zero-order chi connectivity index (χ0) is 36.1. The van der Waals surface area contributed by atoms with Crippen LogP contribution in [0.25, 0.3) is 0 Å². The summed E-state index contributed by atoms with van der Waals surface area (Å²) in [5.41, 5.74) is 15.6. The average Bonchev–Trinajstić information content (AvgIpc) is 3.52. The topological polar surface area (TPSA) is 294 Å². The molecule has 0 bridgehead atoms. The van der Waals surface area contributed by atoms with Crippen molar-refractivity contribution in [2.45, 2.75) is 76.9 Å². The molecule has 0 unspecified atom stereocenters. The largest absolute Gasteiger partial charge is 0.394 e. The molecule has 1 heterocycles. The summed E-state index contributed by atoms with van der Waals surface area (Å²) in [6.07, 6.45) is 2.63. The van der Waals surface area contributed by atoms with Crippen molar-refractivity contribution in [3.05, 3.63) is 0 Å². The molecule has 1 aliphatic rings. The van der Waals surface area contributed by atoms with Gasteiger partial charge in [-0.15, -0.1) is 0 Å². The summed E-state index contributed by atoms with van der Waals surface area (Å²) < 4.78 is 0. The van der Waals surface area contributed by atoms with Gasteiger partial charge in [-0.25, -0.2) is 0 Å². The van der Waals surface area contributed by atoms with Crippen molar-refractivity contribution in [2.75, 3.05) is 50.8 Å². The first-order chi connectivity index (χ1) is 22.7. The molecule has 0 aliphatic carbocycles. The Labute approximate surface area is 284 Å². The van der Waals surface area contributed by atoms with Crippen LogP contribution in [0.15, 0.2) is 4.99 Å². The summed E-state index contributed by atoms with van der Waals surface area (Å²) in [7, 11) is 0. The molecule has 7 amide bonds. The summed E-state index contributed by atoms with van der Waals surface area (Å²) >= 11 is 1.32. The van der Waals surface area contributed by atoms with Crippen LogP contribution in [-0.4, -0.2) is 126 Å². The standard InChI is InChI=1S/C29H52N10O8S/c1-18(2)12-24(43)36-15-26(45)38-20(17-48-11-5-8-23(42)35-14-25(44)34-13-22(30)41)28(47)39-10-4-7-21(39)27(46)37-19(16-40)6-3-9-33-29(31)32/h18-21,40H,3-17H2,1-2H3,(H2,30,41)(H,34,44)(H,35,42)(H,36,43)(H,37,46)(H,38,45)(H4,31,32,33)/t19-,20+,21+/m1/s1. The summed E-state index contributed by atoms with van der Waals surface area (Å²) in [6.45, 7) is 3.09. The SMILES string of the molecule is CC(C)CC(=O)NCC(=O)N[C@@H](CSCCCC(=O)NCC(=O)NCC(N)=O)C(=O)N1CCC[C@H]1C(=O)N[C@@H](CO)CCCN=C(N)N. The van der Waals surface area contributed by atoms with Crippen LogP contribution in [0.3, 0.4) is 0 Å². The molecular weight excluding hydrogens is 648 g/mol. The second kappa shape index (κ2) is 23.2. The first-order valence-corrected chi connectivity index (χ1v) is 17.1. The molecule has 12 N–H and O–H groups in total. The summed E-state index contributed by atoms with van der Waals surface area (Å²) in [5, 5.41) is 22.5. The van der Waals surface area contributed by atoms with Gasteiger partial charge >= 0.3 is 0 Å². The van der Waals surface area contributed by atoms with Crippen LogP contribution >= 0.6 is 11.8 Å². The maximum Gasteiger partial charge on any atom is 0.246 e. The van der Waals surface area contributed by atoms with Crippen LogP contribution in [0, 0.1) is 5.92 Å². The number of amides is 7. The van der Waals surface area contributed by atoms with Crippen molar-refractivity contribution in [2.24, 2.45) is 28.1 Å². The van der Waals surface area contributed by atoms with Gasteiger partial charge in [-0.2, -0.15) is 11.8 Å². The zero-order valence-electron chi connectivity index (χ0n) is 27.8. The highest BCUT2D eigenvalue weighted by atomic mass is 32.2. The van der Waals surface area contributed by atoms with Gasteiger partial charge in [-0.3, -0.25) is 38.6 Å². The molecule has 48 heavy (non-hydrogen) atoms. The Balaban J connectivity index is 2.79. The van der Waals surface area contributed by atoms with Gasteiger partial charge in [-0.1, -0.05) is 13.8 Å². The number of guanidine groups is 1. The van der Waals surface area contributed by atoms with E-state index in [1.165, 1.54) is 16.7 Å². The number of likely N-dealkylation sites (tertiary alicyclic amines) is 1. The molecule has 1 aliphatic heterocycles. The Hall–Kier alpha value is -4.13. The molecule has 1 fully saturated rings. The van der Waals surface area contributed by atoms with Gasteiger partial charge in [0.05, 0.1) is 32.3 Å². The zero-order valence-corrected chi connectivity index (χ0v) is 28.6. The van der Waals surface area contributed by atoms with E-state index in [0.29, 0.717) is 50.9 Å². The molecule has 272 valence electrons. The number of carbonyl (C=O) groups is 7. The fraction of sp³-hybridized carbons (Fsp3) is 0.724. The Morgan fingerprint density at radius 1 is 0.896 bits per heavy atom. The van der Waals surface area contributed by atoms with Crippen LogP contribution < -0.4 is 43.8 Å². The van der Waals surface area contributed by atoms with Crippen molar-refractivity contribution < 1.29 is 38.7 Å². The summed E-state index contributed by atoms with van der Waals surface area (Å²) in [4.78, 5) is 91.5. The molecule has 1 saturated heterocycles. The molecule has 0 aromatic carbocycles. The van der Waals surface area contributed by atoms with Crippen molar-refractivity contribution >= 4 is 59.1 Å². The predicted octanol–water partition coefficient (Wildman–Crippen LogP) is -3.61. The number of nitrogens with one attached hydrogen (secondary N) is 5. The predicted molar refractivity (Wildman–Crippen MR) is 180 cm³/mol. The quantitative estimate of drug-likeness (QED) is 0.0285. The highest BCUT2D eigenvalue weighted by Gasteiger charge is 2.38. The molecule has 0 saturated carbocycles.